The zero-order valence-electron chi connectivity index (χ0n) is 8.11. The van der Waals surface area contributed by atoms with Crippen molar-refractivity contribution in [1.82, 2.24) is 9.55 Å². The third kappa shape index (κ3) is 1.91. The van der Waals surface area contributed by atoms with Crippen LogP contribution in [0, 0.1) is 5.92 Å². The molecule has 0 radical (unpaired) electrons. The third-order valence-corrected chi connectivity index (χ3v) is 2.97. The molecule has 0 aliphatic heterocycles. The standard InChI is InChI=1S/C10H17N3/c1-13-5-4-12-10(13)7-8-2-3-9(11)6-8/h4-5,8-9H,2-3,6-7,11H2,1H3. The van der Waals surface area contributed by atoms with Gasteiger partial charge in [-0.25, -0.2) is 4.98 Å². The molecule has 1 aliphatic rings. The van der Waals surface area contributed by atoms with Gasteiger partial charge >= 0.3 is 0 Å². The fraction of sp³-hybridized carbons (Fsp3) is 0.700. The van der Waals surface area contributed by atoms with Crippen LogP contribution in [0.1, 0.15) is 25.1 Å². The molecule has 0 saturated heterocycles. The number of aromatic nitrogens is 2. The second kappa shape index (κ2) is 3.50. The lowest BCUT2D eigenvalue weighted by Gasteiger charge is -2.08. The van der Waals surface area contributed by atoms with E-state index < -0.39 is 0 Å². The molecule has 2 N–H and O–H groups in total. The van der Waals surface area contributed by atoms with Crippen LogP contribution in [0.25, 0.3) is 0 Å². The highest BCUT2D eigenvalue weighted by atomic mass is 15.0. The van der Waals surface area contributed by atoms with E-state index in [1.165, 1.54) is 25.1 Å². The zero-order chi connectivity index (χ0) is 9.26. The molecule has 0 bridgehead atoms. The summed E-state index contributed by atoms with van der Waals surface area (Å²) < 4.78 is 2.10. The molecule has 1 aliphatic carbocycles. The van der Waals surface area contributed by atoms with E-state index in [2.05, 4.69) is 16.6 Å². The predicted molar refractivity (Wildman–Crippen MR) is 52.2 cm³/mol. The fourth-order valence-corrected chi connectivity index (χ4v) is 2.15. The van der Waals surface area contributed by atoms with Crippen LogP contribution in [0.5, 0.6) is 0 Å². The van der Waals surface area contributed by atoms with E-state index in [1.54, 1.807) is 0 Å². The Morgan fingerprint density at radius 1 is 1.62 bits per heavy atom. The van der Waals surface area contributed by atoms with Crippen molar-refractivity contribution >= 4 is 0 Å². The highest BCUT2D eigenvalue weighted by molar-refractivity contribution is 4.94. The van der Waals surface area contributed by atoms with Crippen LogP contribution in [-0.4, -0.2) is 15.6 Å². The maximum atomic E-state index is 5.86. The second-order valence-corrected chi connectivity index (χ2v) is 4.10. The largest absolute Gasteiger partial charge is 0.338 e. The lowest BCUT2D eigenvalue weighted by Crippen LogP contribution is -2.15. The molecule has 3 heteroatoms. The number of hydrogen-bond acceptors (Lipinski definition) is 2. The van der Waals surface area contributed by atoms with E-state index >= 15 is 0 Å². The van der Waals surface area contributed by atoms with Crippen LogP contribution in [-0.2, 0) is 13.5 Å². The van der Waals surface area contributed by atoms with E-state index in [0.717, 1.165) is 12.3 Å². The maximum Gasteiger partial charge on any atom is 0.108 e. The van der Waals surface area contributed by atoms with Crippen molar-refractivity contribution in [2.24, 2.45) is 18.7 Å². The maximum absolute atomic E-state index is 5.86. The zero-order valence-corrected chi connectivity index (χ0v) is 8.11. The molecule has 0 spiro atoms. The molecule has 2 atom stereocenters. The Kier molecular flexibility index (Phi) is 2.36. The van der Waals surface area contributed by atoms with Crippen molar-refractivity contribution < 1.29 is 0 Å². The number of rotatable bonds is 2. The lowest BCUT2D eigenvalue weighted by molar-refractivity contribution is 0.512. The normalized spacial score (nSPS) is 28.2. The first-order chi connectivity index (χ1) is 6.25. The Morgan fingerprint density at radius 2 is 2.46 bits per heavy atom. The van der Waals surface area contributed by atoms with Gasteiger partial charge in [0.1, 0.15) is 5.82 Å². The molecule has 13 heavy (non-hydrogen) atoms. The highest BCUT2D eigenvalue weighted by Crippen LogP contribution is 2.26. The first-order valence-corrected chi connectivity index (χ1v) is 4.97. The monoisotopic (exact) mass is 179 g/mol. The van der Waals surface area contributed by atoms with Crippen molar-refractivity contribution in [3.63, 3.8) is 0 Å². The van der Waals surface area contributed by atoms with E-state index in [4.69, 9.17) is 5.73 Å². The van der Waals surface area contributed by atoms with Gasteiger partial charge in [-0.05, 0) is 25.2 Å². The molecule has 2 unspecified atom stereocenters. The number of hydrogen-bond donors (Lipinski definition) is 1. The number of nitrogens with two attached hydrogens (primary N) is 1. The molecular weight excluding hydrogens is 162 g/mol. The van der Waals surface area contributed by atoms with Gasteiger partial charge in [-0.1, -0.05) is 0 Å². The van der Waals surface area contributed by atoms with Gasteiger partial charge in [-0.3, -0.25) is 0 Å². The average Bonchev–Trinajstić information content (AvgIpc) is 2.64. The summed E-state index contributed by atoms with van der Waals surface area (Å²) in [7, 11) is 2.05. The Labute approximate surface area is 79.0 Å². The van der Waals surface area contributed by atoms with Crippen LogP contribution in [0.3, 0.4) is 0 Å². The number of imidazole rings is 1. The topological polar surface area (TPSA) is 43.8 Å². The average molecular weight is 179 g/mol. The number of aryl methyl sites for hydroxylation is 1. The first kappa shape index (κ1) is 8.75. The van der Waals surface area contributed by atoms with Crippen molar-refractivity contribution in [3.05, 3.63) is 18.2 Å². The van der Waals surface area contributed by atoms with Gasteiger partial charge in [-0.2, -0.15) is 0 Å². The van der Waals surface area contributed by atoms with Crippen molar-refractivity contribution in [1.29, 1.82) is 0 Å². The van der Waals surface area contributed by atoms with E-state index in [0.29, 0.717) is 6.04 Å². The molecular formula is C10H17N3. The van der Waals surface area contributed by atoms with Crippen LogP contribution < -0.4 is 5.73 Å². The molecule has 1 heterocycles. The molecule has 1 fully saturated rings. The lowest BCUT2D eigenvalue weighted by atomic mass is 10.0. The Bertz CT molecular complexity index is 279. The van der Waals surface area contributed by atoms with Crippen LogP contribution >= 0.6 is 0 Å². The minimum absolute atomic E-state index is 0.435. The molecule has 3 nitrogen and oxygen atoms in total. The highest BCUT2D eigenvalue weighted by Gasteiger charge is 2.22. The summed E-state index contributed by atoms with van der Waals surface area (Å²) in [6.07, 6.45) is 8.60. The summed E-state index contributed by atoms with van der Waals surface area (Å²) in [5, 5.41) is 0. The van der Waals surface area contributed by atoms with Gasteiger partial charge in [0.25, 0.3) is 0 Å². The minimum Gasteiger partial charge on any atom is -0.338 e. The van der Waals surface area contributed by atoms with Crippen LogP contribution in [0.15, 0.2) is 12.4 Å². The van der Waals surface area contributed by atoms with Crippen molar-refractivity contribution in [2.45, 2.75) is 31.7 Å². The van der Waals surface area contributed by atoms with Gasteiger partial charge in [-0.15, -0.1) is 0 Å². The molecule has 0 aromatic carbocycles. The Balaban J connectivity index is 1.95. The summed E-state index contributed by atoms with van der Waals surface area (Å²) >= 11 is 0. The Hall–Kier alpha value is -0.830. The summed E-state index contributed by atoms with van der Waals surface area (Å²) in [6, 6.07) is 0.435. The quantitative estimate of drug-likeness (QED) is 0.738. The van der Waals surface area contributed by atoms with Gasteiger partial charge in [0.2, 0.25) is 0 Å². The van der Waals surface area contributed by atoms with Gasteiger partial charge in [0, 0.05) is 31.9 Å². The summed E-state index contributed by atoms with van der Waals surface area (Å²) in [6.45, 7) is 0. The summed E-state index contributed by atoms with van der Waals surface area (Å²) in [5.41, 5.74) is 5.86. The summed E-state index contributed by atoms with van der Waals surface area (Å²) in [4.78, 5) is 4.33. The van der Waals surface area contributed by atoms with Crippen molar-refractivity contribution in [3.8, 4) is 0 Å². The van der Waals surface area contributed by atoms with Crippen LogP contribution in [0.4, 0.5) is 0 Å². The minimum atomic E-state index is 0.435. The molecule has 1 saturated carbocycles. The molecule has 0 amide bonds. The molecule has 2 rings (SSSR count). The van der Waals surface area contributed by atoms with Gasteiger partial charge in [0.05, 0.1) is 0 Å². The smallest absolute Gasteiger partial charge is 0.108 e. The van der Waals surface area contributed by atoms with E-state index in [9.17, 15) is 0 Å². The summed E-state index contributed by atoms with van der Waals surface area (Å²) in [5.74, 6) is 1.95. The van der Waals surface area contributed by atoms with E-state index in [-0.39, 0.29) is 0 Å². The van der Waals surface area contributed by atoms with Gasteiger partial charge < -0.3 is 10.3 Å². The second-order valence-electron chi connectivity index (χ2n) is 4.10. The van der Waals surface area contributed by atoms with E-state index in [1.807, 2.05) is 12.4 Å². The molecule has 72 valence electrons. The fourth-order valence-electron chi connectivity index (χ4n) is 2.15. The third-order valence-electron chi connectivity index (χ3n) is 2.97. The molecule has 1 aromatic rings. The number of nitrogens with zero attached hydrogens (tertiary/aromatic N) is 2. The predicted octanol–water partition coefficient (Wildman–Crippen LogP) is 1.09. The molecule has 1 aromatic heterocycles. The SMILES string of the molecule is Cn1ccnc1CC1CCC(N)C1. The van der Waals surface area contributed by atoms with Gasteiger partial charge in [0.15, 0.2) is 0 Å². The first-order valence-electron chi connectivity index (χ1n) is 4.97. The van der Waals surface area contributed by atoms with Crippen LogP contribution in [0.2, 0.25) is 0 Å². The Morgan fingerprint density at radius 3 is 3.00 bits per heavy atom. The van der Waals surface area contributed by atoms with Crippen molar-refractivity contribution in [2.75, 3.05) is 0 Å².